The average Bonchev–Trinajstić information content (AvgIpc) is 2.73. The van der Waals surface area contributed by atoms with E-state index in [9.17, 15) is 26.3 Å². The van der Waals surface area contributed by atoms with Gasteiger partial charge in [0, 0.05) is 12.1 Å². The van der Waals surface area contributed by atoms with Crippen molar-refractivity contribution in [2.45, 2.75) is 25.3 Å². The van der Waals surface area contributed by atoms with E-state index in [-0.39, 0.29) is 24.0 Å². The molecule has 0 saturated carbocycles. The minimum absolute atomic E-state index is 0.171. The molecular formula is C20H14F6N4O. The lowest BCUT2D eigenvalue weighted by Gasteiger charge is -2.29. The number of hydrogen-bond donors (Lipinski definition) is 0. The minimum Gasteiger partial charge on any atom is -0.439 e. The van der Waals surface area contributed by atoms with Crippen LogP contribution in [0.3, 0.4) is 0 Å². The first kappa shape index (κ1) is 20.9. The Morgan fingerprint density at radius 3 is 2.29 bits per heavy atom. The molecule has 2 aromatic heterocycles. The monoisotopic (exact) mass is 440 g/mol. The number of pyridine rings is 1. The van der Waals surface area contributed by atoms with Crippen LogP contribution in [-0.4, -0.2) is 21.5 Å². The number of aromatic nitrogens is 3. The minimum atomic E-state index is -4.55. The molecule has 31 heavy (non-hydrogen) atoms. The van der Waals surface area contributed by atoms with Crippen LogP contribution in [0.4, 0.5) is 32.2 Å². The van der Waals surface area contributed by atoms with E-state index in [2.05, 4.69) is 15.0 Å². The number of benzene rings is 1. The molecule has 162 valence electrons. The number of rotatable bonds is 3. The van der Waals surface area contributed by atoms with Crippen LogP contribution in [0.15, 0.2) is 48.8 Å². The lowest BCUT2D eigenvalue weighted by atomic mass is 10.1. The number of halogens is 6. The van der Waals surface area contributed by atoms with Crippen molar-refractivity contribution in [1.29, 1.82) is 0 Å². The van der Waals surface area contributed by atoms with E-state index < -0.39 is 23.6 Å². The fourth-order valence-electron chi connectivity index (χ4n) is 3.19. The van der Waals surface area contributed by atoms with Gasteiger partial charge in [0.15, 0.2) is 0 Å². The summed E-state index contributed by atoms with van der Waals surface area (Å²) < 4.78 is 82.6. The van der Waals surface area contributed by atoms with E-state index in [0.717, 1.165) is 18.2 Å². The van der Waals surface area contributed by atoms with Gasteiger partial charge in [0.25, 0.3) is 0 Å². The highest BCUT2D eigenvalue weighted by Gasteiger charge is 2.33. The van der Waals surface area contributed by atoms with Gasteiger partial charge >= 0.3 is 12.4 Å². The van der Waals surface area contributed by atoms with Gasteiger partial charge in [-0.25, -0.2) is 15.0 Å². The molecule has 1 aromatic carbocycles. The Bertz CT molecular complexity index is 1080. The summed E-state index contributed by atoms with van der Waals surface area (Å²) in [5, 5.41) is 0. The predicted molar refractivity (Wildman–Crippen MR) is 97.5 cm³/mol. The topological polar surface area (TPSA) is 51.1 Å². The molecule has 3 heterocycles. The molecule has 0 unspecified atom stereocenters. The molecule has 0 aliphatic carbocycles. The molecule has 0 amide bonds. The van der Waals surface area contributed by atoms with E-state index in [0.29, 0.717) is 24.2 Å². The van der Waals surface area contributed by atoms with Gasteiger partial charge in [0.05, 0.1) is 17.8 Å². The van der Waals surface area contributed by atoms with Crippen molar-refractivity contribution in [3.8, 4) is 11.6 Å². The Morgan fingerprint density at radius 2 is 1.61 bits per heavy atom. The summed E-state index contributed by atoms with van der Waals surface area (Å²) in [7, 11) is 0. The van der Waals surface area contributed by atoms with Crippen LogP contribution < -0.4 is 9.64 Å². The largest absolute Gasteiger partial charge is 0.439 e. The quantitative estimate of drug-likeness (QED) is 0.520. The fourth-order valence-corrected chi connectivity index (χ4v) is 3.19. The smallest absolute Gasteiger partial charge is 0.433 e. The van der Waals surface area contributed by atoms with Gasteiger partial charge in [0.2, 0.25) is 5.88 Å². The number of hydrogen-bond acceptors (Lipinski definition) is 5. The molecule has 1 aliphatic rings. The number of anilines is 1. The highest BCUT2D eigenvalue weighted by molar-refractivity contribution is 5.46. The molecule has 5 nitrogen and oxygen atoms in total. The summed E-state index contributed by atoms with van der Waals surface area (Å²) >= 11 is 0. The van der Waals surface area contributed by atoms with Gasteiger partial charge in [0.1, 0.15) is 23.6 Å². The van der Waals surface area contributed by atoms with E-state index in [1.54, 1.807) is 4.90 Å². The molecular weight excluding hydrogens is 426 g/mol. The number of alkyl halides is 6. The zero-order valence-corrected chi connectivity index (χ0v) is 15.7. The molecule has 0 saturated heterocycles. The second-order valence-corrected chi connectivity index (χ2v) is 6.78. The Hall–Kier alpha value is -3.37. The first-order valence-corrected chi connectivity index (χ1v) is 9.08. The van der Waals surface area contributed by atoms with Gasteiger partial charge < -0.3 is 9.64 Å². The maximum absolute atomic E-state index is 12.9. The van der Waals surface area contributed by atoms with E-state index >= 15 is 0 Å². The van der Waals surface area contributed by atoms with Crippen molar-refractivity contribution in [2.24, 2.45) is 0 Å². The predicted octanol–water partition coefficient (Wildman–Crippen LogP) is 5.26. The highest BCUT2D eigenvalue weighted by atomic mass is 19.4. The second-order valence-electron chi connectivity index (χ2n) is 6.78. The second kappa shape index (κ2) is 7.71. The summed E-state index contributed by atoms with van der Waals surface area (Å²) in [6.45, 7) is 0.535. The molecule has 3 aromatic rings. The third-order valence-electron chi connectivity index (χ3n) is 4.71. The zero-order chi connectivity index (χ0) is 22.2. The Labute approximate surface area is 172 Å². The van der Waals surface area contributed by atoms with Crippen molar-refractivity contribution < 1.29 is 31.1 Å². The Kier molecular flexibility index (Phi) is 5.19. The van der Waals surface area contributed by atoms with Crippen LogP contribution in [0, 0.1) is 0 Å². The summed E-state index contributed by atoms with van der Waals surface area (Å²) in [6, 6.07) is 7.88. The van der Waals surface area contributed by atoms with Crippen LogP contribution in [-0.2, 0) is 25.3 Å². The van der Waals surface area contributed by atoms with Crippen LogP contribution >= 0.6 is 0 Å². The maximum Gasteiger partial charge on any atom is 0.433 e. The van der Waals surface area contributed by atoms with E-state index in [1.165, 1.54) is 30.6 Å². The number of ether oxygens (including phenoxy) is 1. The maximum atomic E-state index is 12.9. The summed E-state index contributed by atoms with van der Waals surface area (Å²) in [4.78, 5) is 13.6. The molecule has 0 bridgehead atoms. The first-order valence-electron chi connectivity index (χ1n) is 9.08. The van der Waals surface area contributed by atoms with Crippen LogP contribution in [0.1, 0.15) is 22.5 Å². The van der Waals surface area contributed by atoms with Gasteiger partial charge in [-0.3, -0.25) is 0 Å². The van der Waals surface area contributed by atoms with Crippen molar-refractivity contribution in [3.63, 3.8) is 0 Å². The van der Waals surface area contributed by atoms with Crippen molar-refractivity contribution >= 4 is 5.82 Å². The lowest BCUT2D eigenvalue weighted by molar-refractivity contribution is -0.141. The fraction of sp³-hybridized carbons (Fsp3) is 0.250. The Balaban J connectivity index is 1.54. The SMILES string of the molecule is FC(F)(F)c1ccc(Oc2ncnc3c2CCN(c2cccc(C(F)(F)F)n2)C3)cc1. The number of fused-ring (bicyclic) bond motifs is 1. The highest BCUT2D eigenvalue weighted by Crippen LogP contribution is 2.34. The standard InChI is InChI=1S/C20H14F6N4O/c21-19(22,23)12-4-6-13(7-5-12)31-18-14-8-9-30(10-15(14)27-11-28-18)17-3-1-2-16(29-17)20(24,25)26/h1-7,11H,8-10H2. The third kappa shape index (κ3) is 4.54. The van der Waals surface area contributed by atoms with Gasteiger partial charge in [-0.1, -0.05) is 6.07 Å². The van der Waals surface area contributed by atoms with Crippen molar-refractivity contribution in [2.75, 3.05) is 11.4 Å². The molecule has 11 heteroatoms. The lowest BCUT2D eigenvalue weighted by Crippen LogP contribution is -2.32. The molecule has 0 radical (unpaired) electrons. The average molecular weight is 440 g/mol. The van der Waals surface area contributed by atoms with Crippen LogP contribution in [0.5, 0.6) is 11.6 Å². The molecule has 1 aliphatic heterocycles. The summed E-state index contributed by atoms with van der Waals surface area (Å²) in [6.07, 6.45) is -7.40. The number of nitrogens with zero attached hydrogens (tertiary/aromatic N) is 4. The van der Waals surface area contributed by atoms with Crippen LogP contribution in [0.25, 0.3) is 0 Å². The molecule has 0 atom stereocenters. The van der Waals surface area contributed by atoms with Crippen molar-refractivity contribution in [3.05, 3.63) is 71.3 Å². The zero-order valence-electron chi connectivity index (χ0n) is 15.7. The van der Waals surface area contributed by atoms with Crippen LogP contribution in [0.2, 0.25) is 0 Å². The molecule has 0 N–H and O–H groups in total. The molecule has 0 fully saturated rings. The summed E-state index contributed by atoms with van der Waals surface area (Å²) in [5.74, 6) is 0.543. The van der Waals surface area contributed by atoms with E-state index in [1.807, 2.05) is 0 Å². The third-order valence-corrected chi connectivity index (χ3v) is 4.71. The molecule has 4 rings (SSSR count). The van der Waals surface area contributed by atoms with Gasteiger partial charge in [-0.15, -0.1) is 0 Å². The van der Waals surface area contributed by atoms with E-state index in [4.69, 9.17) is 4.74 Å². The Morgan fingerprint density at radius 1 is 0.871 bits per heavy atom. The summed E-state index contributed by atoms with van der Waals surface area (Å²) in [5.41, 5.74) is -0.591. The van der Waals surface area contributed by atoms with Crippen molar-refractivity contribution in [1.82, 2.24) is 15.0 Å². The first-order chi connectivity index (χ1) is 14.6. The molecule has 0 spiro atoms. The normalized spacial score (nSPS) is 14.3. The van der Waals surface area contributed by atoms with Gasteiger partial charge in [-0.05, 0) is 42.8 Å². The van der Waals surface area contributed by atoms with Gasteiger partial charge in [-0.2, -0.15) is 26.3 Å².